The van der Waals surface area contributed by atoms with Crippen LogP contribution in [-0.4, -0.2) is 25.2 Å². The molecule has 4 heteroatoms. The molecule has 0 aromatic heterocycles. The molecule has 0 fully saturated rings. The number of esters is 2. The maximum atomic E-state index is 12.7. The second-order valence-corrected chi connectivity index (χ2v) is 12.9. The molecule has 0 bridgehead atoms. The van der Waals surface area contributed by atoms with E-state index < -0.39 is 0 Å². The van der Waals surface area contributed by atoms with Gasteiger partial charge < -0.3 is 9.47 Å². The molecule has 0 spiro atoms. The maximum absolute atomic E-state index is 12.7. The second-order valence-electron chi connectivity index (χ2n) is 12.9. The largest absolute Gasteiger partial charge is 0.462 e. The molecular formula is C38H70O4. The fraction of sp³-hybridized carbons (Fsp3) is 0.895. The standard InChI is InChI=1S/C38H70O4/c1-3-5-7-9-11-13-15-17-19-21-23-25-29-33-41-37(39)35-31-27-28-32-36(35)38(40)42-34-30-26-24-22-20-18-16-14-12-10-8-6-4-2/h3-34H2,1-2H3. The van der Waals surface area contributed by atoms with Crippen molar-refractivity contribution in [1.29, 1.82) is 0 Å². The van der Waals surface area contributed by atoms with Crippen LogP contribution < -0.4 is 0 Å². The Kier molecular flexibility index (Phi) is 27.4. The molecule has 1 aliphatic rings. The van der Waals surface area contributed by atoms with E-state index in [1.54, 1.807) is 0 Å². The SMILES string of the molecule is CCCCCCCCCCCCCCCOC(=O)C1=C(C(=O)OCCCCCCCCCCCCCCC)CCCC1. The minimum Gasteiger partial charge on any atom is -0.462 e. The molecule has 4 nitrogen and oxygen atoms in total. The number of hydrogen-bond donors (Lipinski definition) is 0. The van der Waals surface area contributed by atoms with Crippen molar-refractivity contribution in [2.24, 2.45) is 0 Å². The van der Waals surface area contributed by atoms with Crippen LogP contribution in [0.4, 0.5) is 0 Å². The van der Waals surface area contributed by atoms with E-state index in [-0.39, 0.29) is 11.9 Å². The summed E-state index contributed by atoms with van der Waals surface area (Å²) in [6, 6.07) is 0. The first-order valence-corrected chi connectivity index (χ1v) is 18.8. The van der Waals surface area contributed by atoms with Crippen LogP contribution in [0.1, 0.15) is 206 Å². The fourth-order valence-corrected chi connectivity index (χ4v) is 6.10. The summed E-state index contributed by atoms with van der Waals surface area (Å²) in [5, 5.41) is 0. The van der Waals surface area contributed by atoms with E-state index in [4.69, 9.17) is 9.47 Å². The Hall–Kier alpha value is -1.32. The highest BCUT2D eigenvalue weighted by Crippen LogP contribution is 2.27. The van der Waals surface area contributed by atoms with Crippen LogP contribution in [0.25, 0.3) is 0 Å². The average Bonchev–Trinajstić information content (AvgIpc) is 3.01. The molecule has 0 atom stereocenters. The molecule has 0 saturated carbocycles. The smallest absolute Gasteiger partial charge is 0.334 e. The molecule has 0 N–H and O–H groups in total. The highest BCUT2D eigenvalue weighted by Gasteiger charge is 2.25. The van der Waals surface area contributed by atoms with Crippen LogP contribution in [-0.2, 0) is 19.1 Å². The Morgan fingerprint density at radius 2 is 0.643 bits per heavy atom. The van der Waals surface area contributed by atoms with Crippen LogP contribution in [0.15, 0.2) is 11.1 Å². The lowest BCUT2D eigenvalue weighted by atomic mass is 9.91. The van der Waals surface area contributed by atoms with Crippen molar-refractivity contribution in [3.63, 3.8) is 0 Å². The molecule has 0 aromatic carbocycles. The number of hydrogen-bond acceptors (Lipinski definition) is 4. The minimum absolute atomic E-state index is 0.290. The van der Waals surface area contributed by atoms with Crippen molar-refractivity contribution < 1.29 is 19.1 Å². The van der Waals surface area contributed by atoms with E-state index in [2.05, 4.69) is 13.8 Å². The number of carbonyl (C=O) groups excluding carboxylic acids is 2. The molecule has 0 heterocycles. The Labute approximate surface area is 261 Å². The van der Waals surface area contributed by atoms with Gasteiger partial charge in [-0.15, -0.1) is 0 Å². The third-order valence-corrected chi connectivity index (χ3v) is 8.92. The summed E-state index contributed by atoms with van der Waals surface area (Å²) >= 11 is 0. The van der Waals surface area contributed by atoms with E-state index in [1.807, 2.05) is 0 Å². The molecule has 1 rings (SSSR count). The number of ether oxygens (including phenoxy) is 2. The molecule has 42 heavy (non-hydrogen) atoms. The van der Waals surface area contributed by atoms with Crippen molar-refractivity contribution in [3.8, 4) is 0 Å². The Bertz CT molecular complexity index is 612. The third kappa shape index (κ3) is 22.3. The molecular weight excluding hydrogens is 520 g/mol. The van der Waals surface area contributed by atoms with E-state index in [9.17, 15) is 9.59 Å². The molecule has 0 saturated heterocycles. The molecule has 246 valence electrons. The van der Waals surface area contributed by atoms with Crippen molar-refractivity contribution in [2.75, 3.05) is 13.2 Å². The molecule has 1 aliphatic carbocycles. The highest BCUT2D eigenvalue weighted by atomic mass is 16.5. The molecule has 0 amide bonds. The van der Waals surface area contributed by atoms with E-state index >= 15 is 0 Å². The van der Waals surface area contributed by atoms with Gasteiger partial charge in [-0.2, -0.15) is 0 Å². The quantitative estimate of drug-likeness (QED) is 0.0616. The normalized spacial score (nSPS) is 13.5. The monoisotopic (exact) mass is 591 g/mol. The van der Waals surface area contributed by atoms with Gasteiger partial charge in [-0.3, -0.25) is 0 Å². The maximum Gasteiger partial charge on any atom is 0.334 e. The summed E-state index contributed by atoms with van der Waals surface area (Å²) in [4.78, 5) is 25.5. The van der Waals surface area contributed by atoms with Gasteiger partial charge in [-0.25, -0.2) is 9.59 Å². The number of unbranched alkanes of at least 4 members (excludes halogenated alkanes) is 24. The summed E-state index contributed by atoms with van der Waals surface area (Å²) in [6.45, 7) is 5.46. The van der Waals surface area contributed by atoms with E-state index in [0.29, 0.717) is 37.2 Å². The van der Waals surface area contributed by atoms with Crippen LogP contribution in [0.3, 0.4) is 0 Å². The van der Waals surface area contributed by atoms with Gasteiger partial charge in [0.05, 0.1) is 13.2 Å². The fourth-order valence-electron chi connectivity index (χ4n) is 6.10. The van der Waals surface area contributed by atoms with Gasteiger partial charge in [0, 0.05) is 11.1 Å². The van der Waals surface area contributed by atoms with Crippen LogP contribution in [0, 0.1) is 0 Å². The van der Waals surface area contributed by atoms with E-state index in [1.165, 1.54) is 141 Å². The Morgan fingerprint density at radius 1 is 0.405 bits per heavy atom. The highest BCUT2D eigenvalue weighted by molar-refractivity contribution is 6.00. The molecule has 0 aromatic rings. The van der Waals surface area contributed by atoms with Crippen molar-refractivity contribution in [2.45, 2.75) is 206 Å². The van der Waals surface area contributed by atoms with Crippen LogP contribution in [0.2, 0.25) is 0 Å². The summed E-state index contributed by atoms with van der Waals surface area (Å²) in [5.74, 6) is -0.580. The third-order valence-electron chi connectivity index (χ3n) is 8.92. The summed E-state index contributed by atoms with van der Waals surface area (Å²) < 4.78 is 11.2. The van der Waals surface area contributed by atoms with Crippen LogP contribution in [0.5, 0.6) is 0 Å². The first kappa shape index (κ1) is 38.7. The van der Waals surface area contributed by atoms with Crippen molar-refractivity contribution in [1.82, 2.24) is 0 Å². The van der Waals surface area contributed by atoms with Gasteiger partial charge in [0.15, 0.2) is 0 Å². The zero-order valence-corrected chi connectivity index (χ0v) is 28.3. The number of carbonyl (C=O) groups is 2. The predicted molar refractivity (Wildman–Crippen MR) is 179 cm³/mol. The molecule has 0 unspecified atom stereocenters. The predicted octanol–water partition coefficient (Wildman–Crippen LogP) is 12.1. The van der Waals surface area contributed by atoms with Gasteiger partial charge in [0.25, 0.3) is 0 Å². The van der Waals surface area contributed by atoms with Gasteiger partial charge in [0.2, 0.25) is 0 Å². The minimum atomic E-state index is -0.290. The number of rotatable bonds is 30. The second kappa shape index (κ2) is 29.7. The Morgan fingerprint density at radius 3 is 0.905 bits per heavy atom. The van der Waals surface area contributed by atoms with Gasteiger partial charge in [-0.05, 0) is 38.5 Å². The van der Waals surface area contributed by atoms with Gasteiger partial charge in [-0.1, -0.05) is 168 Å². The summed E-state index contributed by atoms with van der Waals surface area (Å²) in [7, 11) is 0. The zero-order chi connectivity index (χ0) is 30.4. The van der Waals surface area contributed by atoms with Crippen molar-refractivity contribution in [3.05, 3.63) is 11.1 Å². The first-order chi connectivity index (χ1) is 20.7. The van der Waals surface area contributed by atoms with Gasteiger partial charge in [0.1, 0.15) is 0 Å². The molecule has 0 radical (unpaired) electrons. The van der Waals surface area contributed by atoms with Crippen LogP contribution >= 0.6 is 0 Å². The van der Waals surface area contributed by atoms with Crippen molar-refractivity contribution >= 4 is 11.9 Å². The lowest BCUT2D eigenvalue weighted by Crippen LogP contribution is -2.20. The lowest BCUT2D eigenvalue weighted by Gasteiger charge is -2.18. The van der Waals surface area contributed by atoms with E-state index in [0.717, 1.165) is 38.5 Å². The lowest BCUT2D eigenvalue weighted by molar-refractivity contribution is -0.143. The summed E-state index contributed by atoms with van der Waals surface area (Å²) in [5.41, 5.74) is 1.15. The molecule has 0 aliphatic heterocycles. The van der Waals surface area contributed by atoms with Gasteiger partial charge >= 0.3 is 11.9 Å². The first-order valence-electron chi connectivity index (χ1n) is 18.8. The Balaban J connectivity index is 2.05. The topological polar surface area (TPSA) is 52.6 Å². The zero-order valence-electron chi connectivity index (χ0n) is 28.3. The summed E-state index contributed by atoms with van der Waals surface area (Å²) in [6.07, 6.45) is 37.0. The average molecular weight is 591 g/mol.